The van der Waals surface area contributed by atoms with Crippen LogP contribution in [-0.2, 0) is 10.0 Å². The molecule has 4 rings (SSSR count). The minimum absolute atomic E-state index is 0.0898. The van der Waals surface area contributed by atoms with Crippen LogP contribution in [0.1, 0.15) is 12.8 Å². The Morgan fingerprint density at radius 2 is 1.92 bits per heavy atom. The zero-order valence-electron chi connectivity index (χ0n) is 14.0. The van der Waals surface area contributed by atoms with Crippen molar-refractivity contribution in [2.45, 2.75) is 23.8 Å². The molecule has 2 aromatic carbocycles. The summed E-state index contributed by atoms with van der Waals surface area (Å²) in [6, 6.07) is 10.8. The predicted octanol–water partition coefficient (Wildman–Crippen LogP) is 2.50. The number of rotatable bonds is 4. The molecule has 26 heavy (non-hydrogen) atoms. The molecule has 2 aliphatic heterocycles. The van der Waals surface area contributed by atoms with Gasteiger partial charge < -0.3 is 14.4 Å². The number of anilines is 1. The van der Waals surface area contributed by atoms with Crippen molar-refractivity contribution in [3.8, 4) is 11.5 Å². The summed E-state index contributed by atoms with van der Waals surface area (Å²) in [6.07, 6.45) is 1.48. The van der Waals surface area contributed by atoms with Crippen LogP contribution in [0, 0.1) is 5.82 Å². The minimum Gasteiger partial charge on any atom is -0.454 e. The number of nitrogens with zero attached hydrogens (tertiary/aromatic N) is 1. The fraction of sp³-hybridized carbons (Fsp3) is 0.333. The molecule has 1 unspecified atom stereocenters. The standard InChI is InChI=1S/C18H19FN2O4S/c19-15-5-1-2-6-16(15)21-9-3-4-13(11-21)20-26(22,23)14-7-8-17-18(10-14)25-12-24-17/h1-2,5-8,10,13,20H,3-4,9,11-12H2. The maximum atomic E-state index is 14.0. The van der Waals surface area contributed by atoms with Gasteiger partial charge in [0.2, 0.25) is 16.8 Å². The molecule has 0 amide bonds. The van der Waals surface area contributed by atoms with Crippen LogP contribution in [0.15, 0.2) is 47.4 Å². The monoisotopic (exact) mass is 378 g/mol. The first-order chi connectivity index (χ1) is 12.5. The van der Waals surface area contributed by atoms with Gasteiger partial charge in [0.25, 0.3) is 0 Å². The van der Waals surface area contributed by atoms with Crippen molar-refractivity contribution in [1.82, 2.24) is 4.72 Å². The molecule has 2 aromatic rings. The number of hydrogen-bond donors (Lipinski definition) is 1. The Balaban J connectivity index is 1.50. The second-order valence-electron chi connectivity index (χ2n) is 6.37. The lowest BCUT2D eigenvalue weighted by atomic mass is 10.1. The van der Waals surface area contributed by atoms with E-state index in [1.165, 1.54) is 18.2 Å². The van der Waals surface area contributed by atoms with E-state index in [0.29, 0.717) is 36.7 Å². The van der Waals surface area contributed by atoms with Gasteiger partial charge in [-0.1, -0.05) is 12.1 Å². The molecule has 2 heterocycles. The lowest BCUT2D eigenvalue weighted by Crippen LogP contribution is -2.48. The van der Waals surface area contributed by atoms with Gasteiger partial charge in [-0.05, 0) is 37.1 Å². The largest absolute Gasteiger partial charge is 0.454 e. The van der Waals surface area contributed by atoms with Crippen LogP contribution in [0.3, 0.4) is 0 Å². The summed E-state index contributed by atoms with van der Waals surface area (Å²) in [5, 5.41) is 0. The van der Waals surface area contributed by atoms with Crippen molar-refractivity contribution in [1.29, 1.82) is 0 Å². The number of piperidine rings is 1. The number of benzene rings is 2. The Morgan fingerprint density at radius 3 is 2.77 bits per heavy atom. The number of nitrogens with one attached hydrogen (secondary N) is 1. The summed E-state index contributed by atoms with van der Waals surface area (Å²) >= 11 is 0. The molecule has 0 aromatic heterocycles. The highest BCUT2D eigenvalue weighted by Gasteiger charge is 2.27. The summed E-state index contributed by atoms with van der Waals surface area (Å²) in [5.41, 5.74) is 0.500. The molecular weight excluding hydrogens is 359 g/mol. The van der Waals surface area contributed by atoms with E-state index in [9.17, 15) is 12.8 Å². The molecule has 1 saturated heterocycles. The smallest absolute Gasteiger partial charge is 0.241 e. The second kappa shape index (κ2) is 6.77. The van der Waals surface area contributed by atoms with E-state index in [4.69, 9.17) is 9.47 Å². The van der Waals surface area contributed by atoms with Gasteiger partial charge in [0.05, 0.1) is 10.6 Å². The van der Waals surface area contributed by atoms with Gasteiger partial charge in [-0.25, -0.2) is 17.5 Å². The minimum atomic E-state index is -3.70. The quantitative estimate of drug-likeness (QED) is 0.885. The van der Waals surface area contributed by atoms with E-state index in [1.54, 1.807) is 24.3 Å². The van der Waals surface area contributed by atoms with Crippen molar-refractivity contribution in [2.24, 2.45) is 0 Å². The number of halogens is 1. The van der Waals surface area contributed by atoms with E-state index in [2.05, 4.69) is 4.72 Å². The Morgan fingerprint density at radius 1 is 1.12 bits per heavy atom. The third-order valence-electron chi connectivity index (χ3n) is 4.59. The Bertz CT molecular complexity index is 919. The molecule has 6 nitrogen and oxygen atoms in total. The number of sulfonamides is 1. The average molecular weight is 378 g/mol. The number of fused-ring (bicyclic) bond motifs is 1. The van der Waals surface area contributed by atoms with E-state index < -0.39 is 10.0 Å². The molecule has 1 fully saturated rings. The van der Waals surface area contributed by atoms with Crippen LogP contribution in [0.25, 0.3) is 0 Å². The maximum absolute atomic E-state index is 14.0. The van der Waals surface area contributed by atoms with Crippen LogP contribution < -0.4 is 19.1 Å². The molecule has 0 spiro atoms. The number of hydrogen-bond acceptors (Lipinski definition) is 5. The molecule has 0 bridgehead atoms. The van der Waals surface area contributed by atoms with E-state index >= 15 is 0 Å². The van der Waals surface area contributed by atoms with E-state index in [-0.39, 0.29) is 23.5 Å². The van der Waals surface area contributed by atoms with Gasteiger partial charge in [0.15, 0.2) is 11.5 Å². The van der Waals surface area contributed by atoms with Crippen molar-refractivity contribution >= 4 is 15.7 Å². The normalized spacial score (nSPS) is 19.6. The van der Waals surface area contributed by atoms with Crippen LogP contribution in [0.5, 0.6) is 11.5 Å². The molecule has 138 valence electrons. The van der Waals surface area contributed by atoms with Crippen molar-refractivity contribution in [2.75, 3.05) is 24.8 Å². The molecular formula is C18H19FN2O4S. The van der Waals surface area contributed by atoms with Gasteiger partial charge in [-0.15, -0.1) is 0 Å². The highest BCUT2D eigenvalue weighted by atomic mass is 32.2. The molecule has 1 N–H and O–H groups in total. The van der Waals surface area contributed by atoms with Crippen molar-refractivity contribution in [3.63, 3.8) is 0 Å². The summed E-state index contributed by atoms with van der Waals surface area (Å²) in [6.45, 7) is 1.21. The SMILES string of the molecule is O=S(=O)(NC1CCCN(c2ccccc2F)C1)c1ccc2c(c1)OCO2. The van der Waals surface area contributed by atoms with Gasteiger partial charge in [0, 0.05) is 25.2 Å². The second-order valence-corrected chi connectivity index (χ2v) is 8.09. The lowest BCUT2D eigenvalue weighted by Gasteiger charge is -2.34. The highest BCUT2D eigenvalue weighted by Crippen LogP contribution is 2.34. The Hall–Kier alpha value is -2.32. The summed E-state index contributed by atoms with van der Waals surface area (Å²) < 4.78 is 52.6. The summed E-state index contributed by atoms with van der Waals surface area (Å²) in [7, 11) is -3.70. The summed E-state index contributed by atoms with van der Waals surface area (Å²) in [5.74, 6) is 0.656. The first-order valence-corrected chi connectivity index (χ1v) is 9.93. The van der Waals surface area contributed by atoms with Crippen molar-refractivity contribution in [3.05, 3.63) is 48.3 Å². The molecule has 0 aliphatic carbocycles. The highest BCUT2D eigenvalue weighted by molar-refractivity contribution is 7.89. The molecule has 1 atom stereocenters. The predicted molar refractivity (Wildman–Crippen MR) is 94.5 cm³/mol. The van der Waals surface area contributed by atoms with Crippen LogP contribution in [0.2, 0.25) is 0 Å². The fourth-order valence-corrected chi connectivity index (χ4v) is 4.61. The third-order valence-corrected chi connectivity index (χ3v) is 6.11. The first-order valence-electron chi connectivity index (χ1n) is 8.44. The van der Waals surface area contributed by atoms with Gasteiger partial charge in [0.1, 0.15) is 5.82 Å². The molecule has 0 saturated carbocycles. The number of para-hydroxylation sites is 1. The first kappa shape index (κ1) is 17.1. The van der Waals surface area contributed by atoms with Crippen molar-refractivity contribution < 1.29 is 22.3 Å². The van der Waals surface area contributed by atoms with E-state index in [1.807, 2.05) is 4.90 Å². The average Bonchev–Trinajstić information content (AvgIpc) is 3.10. The van der Waals surface area contributed by atoms with E-state index in [0.717, 1.165) is 6.42 Å². The van der Waals surface area contributed by atoms with Crippen LogP contribution in [-0.4, -0.2) is 34.3 Å². The Kier molecular flexibility index (Phi) is 4.46. The lowest BCUT2D eigenvalue weighted by molar-refractivity contribution is 0.174. The topological polar surface area (TPSA) is 67.9 Å². The Labute approximate surface area is 151 Å². The molecule has 2 aliphatic rings. The van der Waals surface area contributed by atoms with Gasteiger partial charge >= 0.3 is 0 Å². The zero-order valence-corrected chi connectivity index (χ0v) is 14.8. The maximum Gasteiger partial charge on any atom is 0.241 e. The molecule has 8 heteroatoms. The number of ether oxygens (including phenoxy) is 2. The van der Waals surface area contributed by atoms with Crippen LogP contribution in [0.4, 0.5) is 10.1 Å². The van der Waals surface area contributed by atoms with Crippen LogP contribution >= 0.6 is 0 Å². The molecule has 0 radical (unpaired) electrons. The zero-order chi connectivity index (χ0) is 18.1. The van der Waals surface area contributed by atoms with Gasteiger partial charge in [-0.2, -0.15) is 0 Å². The third kappa shape index (κ3) is 3.34. The van der Waals surface area contributed by atoms with Gasteiger partial charge in [-0.3, -0.25) is 0 Å². The summed E-state index contributed by atoms with van der Waals surface area (Å²) in [4.78, 5) is 2.01. The fourth-order valence-electron chi connectivity index (χ4n) is 3.33.